The van der Waals surface area contributed by atoms with Crippen LogP contribution in [0.3, 0.4) is 0 Å². The summed E-state index contributed by atoms with van der Waals surface area (Å²) in [5, 5.41) is 8.14. The Morgan fingerprint density at radius 1 is 0.857 bits per heavy atom. The van der Waals surface area contributed by atoms with E-state index in [1.807, 2.05) is 60.7 Å². The summed E-state index contributed by atoms with van der Waals surface area (Å²) < 4.78 is 35.0. The molecule has 1 heterocycles. The van der Waals surface area contributed by atoms with Crippen LogP contribution < -0.4 is 0 Å². The molecule has 0 spiro atoms. The normalized spacial score (nSPS) is 23.3. The lowest BCUT2D eigenvalue weighted by atomic mass is 9.98. The minimum atomic E-state index is -2.23. The van der Waals surface area contributed by atoms with E-state index in [1.54, 1.807) is 0 Å². The minimum Gasteiger partial charge on any atom is -0.453 e. The molecule has 8 nitrogen and oxygen atoms in total. The molecule has 0 amide bonds. The largest absolute Gasteiger partial charge is 0.453 e. The molecule has 2 aromatic rings. The van der Waals surface area contributed by atoms with Crippen molar-refractivity contribution in [1.29, 1.82) is 5.41 Å². The predicted octanol–water partition coefficient (Wildman–Crippen LogP) is 7.20. The molecule has 232 valence electrons. The number of hydrogen-bond acceptors (Lipinski definition) is 8. The summed E-state index contributed by atoms with van der Waals surface area (Å²) in [5.41, 5.74) is 1.83. The van der Waals surface area contributed by atoms with Crippen LogP contribution in [0.4, 0.5) is 0 Å². The molecule has 2 aromatic carbocycles. The quantitative estimate of drug-likeness (QED) is 0.0895. The van der Waals surface area contributed by atoms with Crippen molar-refractivity contribution in [3.05, 3.63) is 71.8 Å². The Bertz CT molecular complexity index is 1160. The van der Waals surface area contributed by atoms with Gasteiger partial charge in [0.25, 0.3) is 3.79 Å². The summed E-state index contributed by atoms with van der Waals surface area (Å²) in [4.78, 5) is 12.3. The highest BCUT2D eigenvalue weighted by Crippen LogP contribution is 2.38. The van der Waals surface area contributed by atoms with Crippen LogP contribution in [0.2, 0.25) is 18.1 Å². The highest BCUT2D eigenvalue weighted by molar-refractivity contribution is 6.76. The van der Waals surface area contributed by atoms with Crippen molar-refractivity contribution < 1.29 is 32.9 Å². The molecular weight excluding hydrogens is 621 g/mol. The molecular formula is C30H40Cl3NO7Si. The molecule has 0 aliphatic carbocycles. The van der Waals surface area contributed by atoms with Crippen molar-refractivity contribution in [2.75, 3.05) is 6.61 Å². The van der Waals surface area contributed by atoms with Crippen molar-refractivity contribution in [1.82, 2.24) is 0 Å². The first-order chi connectivity index (χ1) is 19.6. The molecule has 5 atom stereocenters. The smallest absolute Gasteiger partial charge is 0.303 e. The Balaban J connectivity index is 2.01. The number of ether oxygens (including phenoxy) is 5. The summed E-state index contributed by atoms with van der Waals surface area (Å²) in [7, 11) is -2.23. The fourth-order valence-electron chi connectivity index (χ4n) is 4.04. The van der Waals surface area contributed by atoms with Crippen LogP contribution in [0.1, 0.15) is 38.8 Å². The third-order valence-electron chi connectivity index (χ3n) is 7.37. The standard InChI is InChI=1S/C30H40Cl3NO7Si/c1-20(35)39-26-25(37-18-22-15-11-8-12-16-22)24(36-17-21-13-9-7-10-14-21)23(19-38-42(5,6)29(2,3)4)40-27(26)41-28(34)30(31,32)33/h7-16,23-27,34H,17-19H2,1-6H3/t23-,24-,25+,26-,27-/m1/s1. The SMILES string of the molecule is CC(=O)O[C@H]1[C@@H](OC(=N)C(Cl)(Cl)Cl)O[C@H](CO[Si](C)(C)C(C)(C)C)[C@@H](OCc2ccccc2)[C@@H]1OCc1ccccc1. The van der Waals surface area contributed by atoms with E-state index in [2.05, 4.69) is 33.9 Å². The second-order valence-corrected chi connectivity index (χ2v) is 18.7. The number of benzene rings is 2. The molecule has 12 heteroatoms. The van der Waals surface area contributed by atoms with Crippen molar-refractivity contribution in [3.63, 3.8) is 0 Å². The van der Waals surface area contributed by atoms with Gasteiger partial charge in [-0.1, -0.05) is 116 Å². The summed E-state index contributed by atoms with van der Waals surface area (Å²) >= 11 is 17.8. The Labute approximate surface area is 264 Å². The van der Waals surface area contributed by atoms with Crippen molar-refractivity contribution in [3.8, 4) is 0 Å². The van der Waals surface area contributed by atoms with Gasteiger partial charge in [-0.2, -0.15) is 0 Å². The lowest BCUT2D eigenvalue weighted by Gasteiger charge is -2.46. The lowest BCUT2D eigenvalue weighted by molar-refractivity contribution is -0.303. The van der Waals surface area contributed by atoms with Crippen LogP contribution in [0.5, 0.6) is 0 Å². The van der Waals surface area contributed by atoms with E-state index in [1.165, 1.54) is 6.92 Å². The molecule has 0 unspecified atom stereocenters. The maximum atomic E-state index is 12.3. The maximum absolute atomic E-state index is 12.3. The Morgan fingerprint density at radius 2 is 1.36 bits per heavy atom. The summed E-state index contributed by atoms with van der Waals surface area (Å²) in [6, 6.07) is 19.2. The molecule has 0 radical (unpaired) electrons. The first kappa shape index (κ1) is 34.8. The monoisotopic (exact) mass is 659 g/mol. The Hall–Kier alpha value is -1.69. The second-order valence-electron chi connectivity index (χ2n) is 11.7. The Morgan fingerprint density at radius 3 is 1.81 bits per heavy atom. The van der Waals surface area contributed by atoms with E-state index in [0.29, 0.717) is 0 Å². The molecule has 1 fully saturated rings. The lowest BCUT2D eigenvalue weighted by Crippen LogP contribution is -2.63. The van der Waals surface area contributed by atoms with Gasteiger partial charge in [-0.25, -0.2) is 0 Å². The van der Waals surface area contributed by atoms with E-state index in [9.17, 15) is 4.79 Å². The highest BCUT2D eigenvalue weighted by Gasteiger charge is 2.52. The fraction of sp³-hybridized carbons (Fsp3) is 0.533. The molecule has 1 N–H and O–H groups in total. The first-order valence-electron chi connectivity index (χ1n) is 13.7. The third kappa shape index (κ3) is 9.92. The molecule has 3 rings (SSSR count). The third-order valence-corrected chi connectivity index (χ3v) is 12.4. The Kier molecular flexibility index (Phi) is 12.3. The topological polar surface area (TPSA) is 96.3 Å². The molecule has 42 heavy (non-hydrogen) atoms. The van der Waals surface area contributed by atoms with Gasteiger partial charge in [0.15, 0.2) is 14.4 Å². The average Bonchev–Trinajstić information content (AvgIpc) is 2.91. The number of nitrogens with one attached hydrogen (secondary N) is 1. The molecule has 1 aliphatic heterocycles. The van der Waals surface area contributed by atoms with Crippen molar-refractivity contribution in [2.24, 2.45) is 0 Å². The summed E-state index contributed by atoms with van der Waals surface area (Å²) in [6.45, 7) is 12.5. The summed E-state index contributed by atoms with van der Waals surface area (Å²) in [5.74, 6) is -1.30. The van der Waals surface area contributed by atoms with E-state index in [4.69, 9.17) is 68.3 Å². The molecule has 0 bridgehead atoms. The molecule has 1 aliphatic rings. The summed E-state index contributed by atoms with van der Waals surface area (Å²) in [6.07, 6.45) is -4.91. The number of alkyl halides is 3. The number of carbonyl (C=O) groups is 1. The second kappa shape index (κ2) is 14.9. The zero-order valence-electron chi connectivity index (χ0n) is 24.8. The van der Waals surface area contributed by atoms with Crippen molar-refractivity contribution in [2.45, 2.75) is 93.5 Å². The van der Waals surface area contributed by atoms with Gasteiger partial charge < -0.3 is 28.1 Å². The van der Waals surface area contributed by atoms with Gasteiger partial charge in [0.05, 0.1) is 19.8 Å². The van der Waals surface area contributed by atoms with Crippen LogP contribution in [0.15, 0.2) is 60.7 Å². The predicted molar refractivity (Wildman–Crippen MR) is 167 cm³/mol. The van der Waals surface area contributed by atoms with Gasteiger partial charge in [-0.3, -0.25) is 10.2 Å². The molecule has 0 aromatic heterocycles. The van der Waals surface area contributed by atoms with Crippen LogP contribution in [-0.2, 0) is 46.1 Å². The van der Waals surface area contributed by atoms with Crippen LogP contribution >= 0.6 is 34.8 Å². The van der Waals surface area contributed by atoms with Crippen molar-refractivity contribution >= 4 is 55.0 Å². The number of hydrogen-bond donors (Lipinski definition) is 1. The molecule has 1 saturated heterocycles. The number of rotatable bonds is 11. The highest BCUT2D eigenvalue weighted by atomic mass is 35.6. The van der Waals surface area contributed by atoms with Crippen LogP contribution in [0.25, 0.3) is 0 Å². The maximum Gasteiger partial charge on any atom is 0.303 e. The zero-order chi connectivity index (χ0) is 31.1. The van der Waals surface area contributed by atoms with Gasteiger partial charge in [-0.15, -0.1) is 0 Å². The van der Waals surface area contributed by atoms with E-state index >= 15 is 0 Å². The van der Waals surface area contributed by atoms with E-state index < -0.39 is 54.7 Å². The van der Waals surface area contributed by atoms with E-state index in [0.717, 1.165) is 11.1 Å². The number of esters is 1. The van der Waals surface area contributed by atoms with Gasteiger partial charge in [0.2, 0.25) is 12.2 Å². The minimum absolute atomic E-state index is 0.0704. The van der Waals surface area contributed by atoms with Crippen LogP contribution in [-0.4, -0.2) is 61.3 Å². The number of halogens is 3. The van der Waals surface area contributed by atoms with Gasteiger partial charge >= 0.3 is 5.97 Å². The molecule has 0 saturated carbocycles. The van der Waals surface area contributed by atoms with Crippen LogP contribution in [0, 0.1) is 5.41 Å². The number of carbonyl (C=O) groups excluding carboxylic acids is 1. The van der Waals surface area contributed by atoms with Gasteiger partial charge in [0, 0.05) is 6.92 Å². The van der Waals surface area contributed by atoms with E-state index in [-0.39, 0.29) is 24.9 Å². The zero-order valence-corrected chi connectivity index (χ0v) is 28.0. The first-order valence-corrected chi connectivity index (χ1v) is 17.7. The van der Waals surface area contributed by atoms with Gasteiger partial charge in [0.1, 0.15) is 18.3 Å². The van der Waals surface area contributed by atoms with Gasteiger partial charge in [-0.05, 0) is 29.3 Å². The average molecular weight is 661 g/mol. The fourth-order valence-corrected chi connectivity index (χ4v) is 5.19.